The fraction of sp³-hybridized carbons (Fsp3) is 0.400. The normalized spacial score (nSPS) is 14.9. The lowest BCUT2D eigenvalue weighted by Gasteiger charge is -2.34. The van der Waals surface area contributed by atoms with Crippen LogP contribution < -0.4 is 20.3 Å². The van der Waals surface area contributed by atoms with Crippen molar-refractivity contribution in [2.45, 2.75) is 38.9 Å². The fourth-order valence-electron chi connectivity index (χ4n) is 3.94. The van der Waals surface area contributed by atoms with Gasteiger partial charge >= 0.3 is 0 Å². The molecule has 2 aromatic carbocycles. The number of aromatic nitrogens is 3. The minimum atomic E-state index is 0.369. The molecule has 0 bridgehead atoms. The molecule has 0 amide bonds. The van der Waals surface area contributed by atoms with Gasteiger partial charge in [0.2, 0.25) is 0 Å². The van der Waals surface area contributed by atoms with Crippen molar-refractivity contribution in [1.29, 1.82) is 0 Å². The van der Waals surface area contributed by atoms with E-state index in [1.807, 2.05) is 42.8 Å². The molecule has 0 unspecified atom stereocenters. The Balaban J connectivity index is 1.39. The van der Waals surface area contributed by atoms with Gasteiger partial charge in [0, 0.05) is 31.9 Å². The number of rotatable bonds is 7. The van der Waals surface area contributed by atoms with Crippen LogP contribution in [0.25, 0.3) is 0 Å². The van der Waals surface area contributed by atoms with Gasteiger partial charge in [-0.05, 0) is 49.6 Å². The van der Waals surface area contributed by atoms with Gasteiger partial charge in [-0.2, -0.15) is 0 Å². The minimum Gasteiger partial charge on any atom is -0.497 e. The number of benzene rings is 2. The number of anilines is 1. The third-order valence-electron chi connectivity index (χ3n) is 6.13. The average Bonchev–Trinajstić information content (AvgIpc) is 3.19. The SMILES string of the molecule is COc1ccc(CN=C(NCc2nnc(C)n2C)NC2CCN(c3ccccc3)CC2)cc1. The maximum Gasteiger partial charge on any atom is 0.192 e. The quantitative estimate of drug-likeness (QED) is 0.428. The van der Waals surface area contributed by atoms with E-state index in [9.17, 15) is 0 Å². The second-order valence-electron chi connectivity index (χ2n) is 8.33. The average molecular weight is 448 g/mol. The van der Waals surface area contributed by atoms with Gasteiger partial charge in [0.05, 0.1) is 20.2 Å². The first-order valence-corrected chi connectivity index (χ1v) is 11.4. The molecule has 1 saturated heterocycles. The van der Waals surface area contributed by atoms with Gasteiger partial charge in [-0.25, -0.2) is 4.99 Å². The summed E-state index contributed by atoms with van der Waals surface area (Å²) in [7, 11) is 3.66. The molecule has 0 saturated carbocycles. The standard InChI is InChI=1S/C25H33N7O/c1-19-29-30-24(31(19)2)18-27-25(26-17-20-9-11-23(33-3)12-10-20)28-21-13-15-32(16-14-21)22-7-5-4-6-8-22/h4-12,21H,13-18H2,1-3H3,(H2,26,27,28). The first-order chi connectivity index (χ1) is 16.1. The Kier molecular flexibility index (Phi) is 7.44. The summed E-state index contributed by atoms with van der Waals surface area (Å²) in [4.78, 5) is 7.30. The lowest BCUT2D eigenvalue weighted by atomic mass is 10.0. The number of para-hydroxylation sites is 1. The third-order valence-corrected chi connectivity index (χ3v) is 6.13. The van der Waals surface area contributed by atoms with Crippen molar-refractivity contribution in [3.05, 3.63) is 71.8 Å². The number of methoxy groups -OCH3 is 1. The van der Waals surface area contributed by atoms with E-state index >= 15 is 0 Å². The Bertz CT molecular complexity index is 1040. The van der Waals surface area contributed by atoms with Crippen molar-refractivity contribution in [2.75, 3.05) is 25.1 Å². The van der Waals surface area contributed by atoms with Crippen LogP contribution in [-0.4, -0.2) is 47.0 Å². The minimum absolute atomic E-state index is 0.369. The highest BCUT2D eigenvalue weighted by Crippen LogP contribution is 2.19. The zero-order valence-corrected chi connectivity index (χ0v) is 19.7. The smallest absolute Gasteiger partial charge is 0.192 e. The number of piperidine rings is 1. The molecule has 0 radical (unpaired) electrons. The molecule has 0 spiro atoms. The first kappa shape index (κ1) is 22.6. The summed E-state index contributed by atoms with van der Waals surface area (Å²) < 4.78 is 7.25. The van der Waals surface area contributed by atoms with E-state index in [2.05, 4.69) is 56.1 Å². The highest BCUT2D eigenvalue weighted by Gasteiger charge is 2.20. The van der Waals surface area contributed by atoms with Gasteiger partial charge in [-0.15, -0.1) is 10.2 Å². The van der Waals surface area contributed by atoms with Crippen LogP contribution in [0.1, 0.15) is 30.1 Å². The molecule has 174 valence electrons. The summed E-state index contributed by atoms with van der Waals surface area (Å²) in [5.74, 6) is 3.42. The number of hydrogen-bond donors (Lipinski definition) is 2. The van der Waals surface area contributed by atoms with Crippen molar-refractivity contribution < 1.29 is 4.74 Å². The van der Waals surface area contributed by atoms with Gasteiger partial charge in [-0.3, -0.25) is 0 Å². The summed E-state index contributed by atoms with van der Waals surface area (Å²) in [5.41, 5.74) is 2.42. The van der Waals surface area contributed by atoms with E-state index in [0.29, 0.717) is 19.1 Å². The monoisotopic (exact) mass is 447 g/mol. The molecular formula is C25H33N7O. The first-order valence-electron chi connectivity index (χ1n) is 11.4. The van der Waals surface area contributed by atoms with Crippen LogP contribution in [0.3, 0.4) is 0 Å². The molecule has 8 heteroatoms. The van der Waals surface area contributed by atoms with Gasteiger partial charge in [0.25, 0.3) is 0 Å². The lowest BCUT2D eigenvalue weighted by Crippen LogP contribution is -2.48. The van der Waals surface area contributed by atoms with Crippen LogP contribution in [-0.2, 0) is 20.1 Å². The van der Waals surface area contributed by atoms with Gasteiger partial charge < -0.3 is 24.8 Å². The second kappa shape index (κ2) is 10.8. The van der Waals surface area contributed by atoms with E-state index in [0.717, 1.165) is 54.9 Å². The predicted octanol–water partition coefficient (Wildman–Crippen LogP) is 3.04. The Morgan fingerprint density at radius 1 is 1.06 bits per heavy atom. The number of ether oxygens (including phenoxy) is 1. The molecule has 4 rings (SSSR count). The van der Waals surface area contributed by atoms with Gasteiger partial charge in [0.1, 0.15) is 11.6 Å². The number of guanidine groups is 1. The second-order valence-corrected chi connectivity index (χ2v) is 8.33. The number of aliphatic imine (C=N–C) groups is 1. The molecule has 1 aliphatic rings. The summed E-state index contributed by atoms with van der Waals surface area (Å²) in [6.07, 6.45) is 2.11. The number of nitrogens with zero attached hydrogens (tertiary/aromatic N) is 5. The van der Waals surface area contributed by atoms with E-state index in [1.54, 1.807) is 7.11 Å². The van der Waals surface area contributed by atoms with Gasteiger partial charge in [0.15, 0.2) is 11.8 Å². The van der Waals surface area contributed by atoms with Crippen molar-refractivity contribution in [2.24, 2.45) is 12.0 Å². The predicted molar refractivity (Wildman–Crippen MR) is 132 cm³/mol. The molecule has 1 aliphatic heterocycles. The zero-order valence-electron chi connectivity index (χ0n) is 19.7. The molecule has 33 heavy (non-hydrogen) atoms. The Morgan fingerprint density at radius 2 is 1.79 bits per heavy atom. The fourth-order valence-corrected chi connectivity index (χ4v) is 3.94. The zero-order chi connectivity index (χ0) is 23.0. The van der Waals surface area contributed by atoms with Crippen molar-refractivity contribution >= 4 is 11.6 Å². The molecule has 8 nitrogen and oxygen atoms in total. The number of aryl methyl sites for hydroxylation is 1. The van der Waals surface area contributed by atoms with Crippen LogP contribution in [0.15, 0.2) is 59.6 Å². The molecule has 1 aromatic heterocycles. The van der Waals surface area contributed by atoms with Gasteiger partial charge in [-0.1, -0.05) is 30.3 Å². The van der Waals surface area contributed by atoms with E-state index in [-0.39, 0.29) is 0 Å². The summed E-state index contributed by atoms with van der Waals surface area (Å²) in [6.45, 7) is 5.15. The molecular weight excluding hydrogens is 414 g/mol. The number of hydrogen-bond acceptors (Lipinski definition) is 5. The lowest BCUT2D eigenvalue weighted by molar-refractivity contribution is 0.414. The molecule has 1 fully saturated rings. The van der Waals surface area contributed by atoms with E-state index in [4.69, 9.17) is 9.73 Å². The van der Waals surface area contributed by atoms with Crippen LogP contribution in [0.2, 0.25) is 0 Å². The molecule has 0 atom stereocenters. The number of nitrogens with one attached hydrogen (secondary N) is 2. The van der Waals surface area contributed by atoms with Crippen LogP contribution in [0.4, 0.5) is 5.69 Å². The summed E-state index contributed by atoms with van der Waals surface area (Å²) >= 11 is 0. The maximum absolute atomic E-state index is 5.26. The molecule has 0 aliphatic carbocycles. The molecule has 3 aromatic rings. The Labute approximate surface area is 195 Å². The largest absolute Gasteiger partial charge is 0.497 e. The van der Waals surface area contributed by atoms with Crippen molar-refractivity contribution in [3.8, 4) is 5.75 Å². The van der Waals surface area contributed by atoms with Crippen LogP contribution in [0.5, 0.6) is 5.75 Å². The third kappa shape index (κ3) is 6.03. The summed E-state index contributed by atoms with van der Waals surface area (Å²) in [5, 5.41) is 15.5. The molecule has 2 N–H and O–H groups in total. The van der Waals surface area contributed by atoms with E-state index < -0.39 is 0 Å². The maximum atomic E-state index is 5.26. The Morgan fingerprint density at radius 3 is 2.42 bits per heavy atom. The topological polar surface area (TPSA) is 79.6 Å². The van der Waals surface area contributed by atoms with Crippen molar-refractivity contribution in [1.82, 2.24) is 25.4 Å². The van der Waals surface area contributed by atoms with Crippen molar-refractivity contribution in [3.63, 3.8) is 0 Å². The van der Waals surface area contributed by atoms with Crippen LogP contribution in [0, 0.1) is 6.92 Å². The van der Waals surface area contributed by atoms with E-state index in [1.165, 1.54) is 5.69 Å². The highest BCUT2D eigenvalue weighted by molar-refractivity contribution is 5.80. The highest BCUT2D eigenvalue weighted by atomic mass is 16.5. The van der Waals surface area contributed by atoms with Crippen LogP contribution >= 0.6 is 0 Å². The molecule has 2 heterocycles. The summed E-state index contributed by atoms with van der Waals surface area (Å²) in [6, 6.07) is 19.0. The Hall–Kier alpha value is -3.55.